The molecule has 3 aromatic carbocycles. The van der Waals surface area contributed by atoms with Gasteiger partial charge < -0.3 is 19.5 Å². The molecule has 0 atom stereocenters. The van der Waals surface area contributed by atoms with Gasteiger partial charge in [0.2, 0.25) is 6.79 Å². The summed E-state index contributed by atoms with van der Waals surface area (Å²) in [4.78, 5) is 18.0. The number of aromatic nitrogens is 1. The Kier molecular flexibility index (Phi) is 4.44. The Morgan fingerprint density at radius 3 is 2.63 bits per heavy atom. The van der Waals surface area contributed by atoms with E-state index in [0.717, 1.165) is 10.9 Å². The summed E-state index contributed by atoms with van der Waals surface area (Å²) < 4.78 is 16.1. The zero-order valence-corrected chi connectivity index (χ0v) is 16.2. The maximum absolute atomic E-state index is 13.2. The molecule has 1 amide bonds. The Morgan fingerprint density at radius 1 is 0.967 bits per heavy atom. The van der Waals surface area contributed by atoms with Gasteiger partial charge in [0.15, 0.2) is 11.5 Å². The van der Waals surface area contributed by atoms with Crippen molar-refractivity contribution in [3.63, 3.8) is 0 Å². The molecule has 0 bridgehead atoms. The van der Waals surface area contributed by atoms with Crippen LogP contribution in [0.1, 0.15) is 10.4 Å². The minimum Gasteiger partial charge on any atom is -0.497 e. The van der Waals surface area contributed by atoms with Gasteiger partial charge in [0.25, 0.3) is 5.91 Å². The second-order valence-corrected chi connectivity index (χ2v) is 6.83. The van der Waals surface area contributed by atoms with Gasteiger partial charge in [-0.1, -0.05) is 30.3 Å². The van der Waals surface area contributed by atoms with Gasteiger partial charge in [-0.3, -0.25) is 4.79 Å². The zero-order chi connectivity index (χ0) is 20.5. The van der Waals surface area contributed by atoms with Crippen LogP contribution in [0, 0.1) is 0 Å². The summed E-state index contributed by atoms with van der Waals surface area (Å²) in [5.41, 5.74) is 3.49. The molecule has 0 saturated heterocycles. The Bertz CT molecular complexity index is 1260. The lowest BCUT2D eigenvalue weighted by molar-refractivity contribution is 0.102. The molecular formula is C24H18N2O4. The monoisotopic (exact) mass is 398 g/mol. The van der Waals surface area contributed by atoms with Gasteiger partial charge in [-0.25, -0.2) is 4.98 Å². The first kappa shape index (κ1) is 18.0. The molecule has 6 heteroatoms. The number of benzene rings is 3. The summed E-state index contributed by atoms with van der Waals surface area (Å²) in [5, 5.41) is 3.70. The number of hydrogen-bond donors (Lipinski definition) is 1. The number of carbonyl (C=O) groups excluding carboxylic acids is 1. The molecule has 0 fully saturated rings. The van der Waals surface area contributed by atoms with Crippen LogP contribution in [0.3, 0.4) is 0 Å². The quantitative estimate of drug-likeness (QED) is 0.530. The first-order chi connectivity index (χ1) is 14.7. The SMILES string of the molecule is COc1ccc2c(C(=O)Nc3ccc4c(c3)OCO4)cc(-c3ccccc3)nc2c1. The molecule has 1 N–H and O–H groups in total. The molecule has 0 unspecified atom stereocenters. The first-order valence-corrected chi connectivity index (χ1v) is 9.46. The van der Waals surface area contributed by atoms with Crippen LogP contribution in [0.15, 0.2) is 72.8 Å². The number of rotatable bonds is 4. The van der Waals surface area contributed by atoms with Crippen LogP contribution >= 0.6 is 0 Å². The number of hydrogen-bond acceptors (Lipinski definition) is 5. The Balaban J connectivity index is 1.58. The normalized spacial score (nSPS) is 12.0. The molecule has 2 heterocycles. The standard InChI is InChI=1S/C24H18N2O4/c1-28-17-8-9-18-19(13-20(26-21(18)12-17)15-5-3-2-4-6-15)24(27)25-16-7-10-22-23(11-16)30-14-29-22/h2-13H,14H2,1H3,(H,25,27). The second kappa shape index (κ2) is 7.40. The highest BCUT2D eigenvalue weighted by Gasteiger charge is 2.17. The summed E-state index contributed by atoms with van der Waals surface area (Å²) in [7, 11) is 1.61. The highest BCUT2D eigenvalue weighted by Crippen LogP contribution is 2.35. The number of carbonyl (C=O) groups is 1. The number of amides is 1. The number of anilines is 1. The van der Waals surface area contributed by atoms with E-state index in [1.807, 2.05) is 54.6 Å². The van der Waals surface area contributed by atoms with Gasteiger partial charge in [0.1, 0.15) is 5.75 Å². The second-order valence-electron chi connectivity index (χ2n) is 6.83. The molecule has 0 radical (unpaired) electrons. The highest BCUT2D eigenvalue weighted by atomic mass is 16.7. The van der Waals surface area contributed by atoms with Crippen molar-refractivity contribution in [3.05, 3.63) is 78.4 Å². The molecule has 4 aromatic rings. The van der Waals surface area contributed by atoms with E-state index in [2.05, 4.69) is 5.32 Å². The molecule has 1 aromatic heterocycles. The molecule has 1 aliphatic heterocycles. The molecule has 148 valence electrons. The Hall–Kier alpha value is -4.06. The van der Waals surface area contributed by atoms with Crippen molar-refractivity contribution in [2.75, 3.05) is 19.2 Å². The smallest absolute Gasteiger partial charge is 0.256 e. The van der Waals surface area contributed by atoms with Crippen molar-refractivity contribution in [1.82, 2.24) is 4.98 Å². The van der Waals surface area contributed by atoms with Crippen LogP contribution in [0.2, 0.25) is 0 Å². The molecule has 30 heavy (non-hydrogen) atoms. The number of pyridine rings is 1. The third-order valence-electron chi connectivity index (χ3n) is 4.96. The number of nitrogens with one attached hydrogen (secondary N) is 1. The summed E-state index contributed by atoms with van der Waals surface area (Å²) in [6.45, 7) is 0.185. The van der Waals surface area contributed by atoms with Crippen molar-refractivity contribution < 1.29 is 19.0 Å². The fourth-order valence-electron chi connectivity index (χ4n) is 3.45. The van der Waals surface area contributed by atoms with Crippen LogP contribution in [0.25, 0.3) is 22.2 Å². The number of fused-ring (bicyclic) bond motifs is 2. The molecule has 0 saturated carbocycles. The van der Waals surface area contributed by atoms with E-state index in [-0.39, 0.29) is 12.7 Å². The first-order valence-electron chi connectivity index (χ1n) is 9.46. The highest BCUT2D eigenvalue weighted by molar-refractivity contribution is 6.13. The fraction of sp³-hybridized carbons (Fsp3) is 0.0833. The third-order valence-corrected chi connectivity index (χ3v) is 4.96. The van der Waals surface area contributed by atoms with Gasteiger partial charge in [0.05, 0.1) is 23.9 Å². The Labute approximate surface area is 173 Å². The van der Waals surface area contributed by atoms with Crippen molar-refractivity contribution in [2.24, 2.45) is 0 Å². The fourth-order valence-corrected chi connectivity index (χ4v) is 3.45. The summed E-state index contributed by atoms with van der Waals surface area (Å²) in [6.07, 6.45) is 0. The zero-order valence-electron chi connectivity index (χ0n) is 16.2. The largest absolute Gasteiger partial charge is 0.497 e. The van der Waals surface area contributed by atoms with Crippen molar-refractivity contribution >= 4 is 22.5 Å². The van der Waals surface area contributed by atoms with Gasteiger partial charge in [0, 0.05) is 28.8 Å². The molecule has 1 aliphatic rings. The average Bonchev–Trinajstić information content (AvgIpc) is 3.26. The number of nitrogens with zero attached hydrogens (tertiary/aromatic N) is 1. The summed E-state index contributed by atoms with van der Waals surface area (Å²) in [6, 6.07) is 22.4. The van der Waals surface area contributed by atoms with Crippen LogP contribution in [0.4, 0.5) is 5.69 Å². The maximum Gasteiger partial charge on any atom is 0.256 e. The lowest BCUT2D eigenvalue weighted by Gasteiger charge is -2.12. The topological polar surface area (TPSA) is 69.7 Å². The number of methoxy groups -OCH3 is 1. The van der Waals surface area contributed by atoms with E-state index in [1.54, 1.807) is 25.3 Å². The van der Waals surface area contributed by atoms with E-state index in [9.17, 15) is 4.79 Å². The summed E-state index contributed by atoms with van der Waals surface area (Å²) >= 11 is 0. The van der Waals surface area contributed by atoms with E-state index < -0.39 is 0 Å². The van der Waals surface area contributed by atoms with E-state index in [1.165, 1.54) is 0 Å². The van der Waals surface area contributed by atoms with Crippen molar-refractivity contribution in [2.45, 2.75) is 0 Å². The van der Waals surface area contributed by atoms with Crippen molar-refractivity contribution in [1.29, 1.82) is 0 Å². The van der Waals surface area contributed by atoms with Crippen molar-refractivity contribution in [3.8, 4) is 28.5 Å². The van der Waals surface area contributed by atoms with Crippen LogP contribution in [0.5, 0.6) is 17.2 Å². The van der Waals surface area contributed by atoms with Crippen LogP contribution < -0.4 is 19.5 Å². The van der Waals surface area contributed by atoms with E-state index in [0.29, 0.717) is 39.7 Å². The predicted molar refractivity (Wildman–Crippen MR) is 114 cm³/mol. The summed E-state index contributed by atoms with van der Waals surface area (Å²) in [5.74, 6) is 1.73. The molecule has 6 nitrogen and oxygen atoms in total. The molecule has 0 aliphatic carbocycles. The lowest BCUT2D eigenvalue weighted by atomic mass is 10.0. The average molecular weight is 398 g/mol. The van der Waals surface area contributed by atoms with Gasteiger partial charge in [-0.15, -0.1) is 0 Å². The minimum absolute atomic E-state index is 0.185. The lowest BCUT2D eigenvalue weighted by Crippen LogP contribution is -2.13. The van der Waals surface area contributed by atoms with Crippen LogP contribution in [-0.2, 0) is 0 Å². The van der Waals surface area contributed by atoms with Crippen LogP contribution in [-0.4, -0.2) is 24.8 Å². The minimum atomic E-state index is -0.233. The Morgan fingerprint density at radius 2 is 1.80 bits per heavy atom. The third kappa shape index (κ3) is 3.28. The molecule has 5 rings (SSSR count). The predicted octanol–water partition coefficient (Wildman–Crippen LogP) is 4.89. The van der Waals surface area contributed by atoms with Gasteiger partial charge >= 0.3 is 0 Å². The maximum atomic E-state index is 13.2. The molecule has 0 spiro atoms. The van der Waals surface area contributed by atoms with E-state index >= 15 is 0 Å². The van der Waals surface area contributed by atoms with Gasteiger partial charge in [-0.2, -0.15) is 0 Å². The van der Waals surface area contributed by atoms with E-state index in [4.69, 9.17) is 19.2 Å². The van der Waals surface area contributed by atoms with Gasteiger partial charge in [-0.05, 0) is 30.3 Å². The number of ether oxygens (including phenoxy) is 3. The molecular weight excluding hydrogens is 380 g/mol.